The Bertz CT molecular complexity index is 1010. The van der Waals surface area contributed by atoms with Gasteiger partial charge >= 0.3 is 5.97 Å². The fourth-order valence-electron chi connectivity index (χ4n) is 2.64. The van der Waals surface area contributed by atoms with Crippen LogP contribution in [-0.2, 0) is 14.3 Å². The number of non-ortho nitro benzene ring substituents is 1. The minimum atomic E-state index is -0.778. The molecule has 2 aromatic carbocycles. The molecular weight excluding hydrogens is 424 g/mol. The molecule has 2 aromatic rings. The summed E-state index contributed by atoms with van der Waals surface area (Å²) in [6.07, 6.45) is 2.58. The second-order valence-corrected chi connectivity index (χ2v) is 6.09. The van der Waals surface area contributed by atoms with Gasteiger partial charge in [-0.3, -0.25) is 14.9 Å². The molecule has 0 atom stereocenters. The molecule has 0 saturated heterocycles. The predicted molar refractivity (Wildman–Crippen MR) is 114 cm³/mol. The van der Waals surface area contributed by atoms with Crippen LogP contribution in [0.3, 0.4) is 0 Å². The zero-order valence-electron chi connectivity index (χ0n) is 17.9. The maximum absolute atomic E-state index is 12.1. The monoisotopic (exact) mass is 446 g/mol. The Morgan fingerprint density at radius 2 is 1.59 bits per heavy atom. The minimum absolute atomic E-state index is 0.0794. The molecule has 0 unspecified atom stereocenters. The SMILES string of the molecule is COc1ccc([N+](=O)[O-])cc1NC(=O)COC(=O)C=Cc1cc(OC)c(OC)c(OC)c1. The summed E-state index contributed by atoms with van der Waals surface area (Å²) >= 11 is 0. The average Bonchev–Trinajstić information content (AvgIpc) is 2.80. The van der Waals surface area contributed by atoms with Crippen LogP contribution in [0.1, 0.15) is 5.56 Å². The molecule has 0 aliphatic rings. The number of amides is 1. The Labute approximate surface area is 183 Å². The van der Waals surface area contributed by atoms with Gasteiger partial charge in [0.15, 0.2) is 18.1 Å². The van der Waals surface area contributed by atoms with Crippen molar-refractivity contribution >= 4 is 29.3 Å². The minimum Gasteiger partial charge on any atom is -0.495 e. The Balaban J connectivity index is 2.01. The van der Waals surface area contributed by atoms with Gasteiger partial charge in [0.2, 0.25) is 5.75 Å². The van der Waals surface area contributed by atoms with E-state index in [2.05, 4.69) is 5.32 Å². The lowest BCUT2D eigenvalue weighted by molar-refractivity contribution is -0.384. The van der Waals surface area contributed by atoms with Gasteiger partial charge in [-0.25, -0.2) is 4.79 Å². The van der Waals surface area contributed by atoms with Gasteiger partial charge in [-0.15, -0.1) is 0 Å². The van der Waals surface area contributed by atoms with Crippen molar-refractivity contribution in [2.45, 2.75) is 0 Å². The topological polar surface area (TPSA) is 135 Å². The van der Waals surface area contributed by atoms with E-state index in [0.29, 0.717) is 22.8 Å². The molecule has 0 aliphatic heterocycles. The summed E-state index contributed by atoms with van der Waals surface area (Å²) in [4.78, 5) is 34.4. The van der Waals surface area contributed by atoms with E-state index in [1.165, 1.54) is 46.6 Å². The van der Waals surface area contributed by atoms with E-state index >= 15 is 0 Å². The summed E-state index contributed by atoms with van der Waals surface area (Å²) in [6.45, 7) is -0.607. The van der Waals surface area contributed by atoms with Crippen LogP contribution in [0.25, 0.3) is 6.08 Å². The molecule has 1 N–H and O–H groups in total. The summed E-state index contributed by atoms with van der Waals surface area (Å²) in [7, 11) is 5.76. The van der Waals surface area contributed by atoms with Gasteiger partial charge < -0.3 is 29.0 Å². The summed E-state index contributed by atoms with van der Waals surface area (Å²) in [5.41, 5.74) is 0.421. The molecule has 0 saturated carbocycles. The van der Waals surface area contributed by atoms with E-state index in [4.69, 9.17) is 23.7 Å². The van der Waals surface area contributed by atoms with Crippen LogP contribution in [-0.4, -0.2) is 51.8 Å². The highest BCUT2D eigenvalue weighted by molar-refractivity contribution is 5.96. The summed E-state index contributed by atoms with van der Waals surface area (Å²) < 4.78 is 25.7. The molecule has 0 radical (unpaired) electrons. The van der Waals surface area contributed by atoms with Crippen molar-refractivity contribution in [1.82, 2.24) is 0 Å². The van der Waals surface area contributed by atoms with Gasteiger partial charge in [-0.1, -0.05) is 0 Å². The number of nitrogens with zero attached hydrogens (tertiary/aromatic N) is 1. The van der Waals surface area contributed by atoms with Crippen molar-refractivity contribution in [3.8, 4) is 23.0 Å². The second-order valence-electron chi connectivity index (χ2n) is 6.09. The molecule has 1 amide bonds. The second kappa shape index (κ2) is 11.2. The van der Waals surface area contributed by atoms with Gasteiger partial charge in [0.1, 0.15) is 5.75 Å². The molecule has 170 valence electrons. The Hall–Kier alpha value is -4.28. The summed E-state index contributed by atoms with van der Waals surface area (Å²) in [5.74, 6) is -0.0333. The summed E-state index contributed by atoms with van der Waals surface area (Å²) in [5, 5.41) is 13.3. The number of rotatable bonds is 10. The van der Waals surface area contributed by atoms with Gasteiger partial charge in [0.05, 0.1) is 39.0 Å². The molecule has 11 heteroatoms. The molecule has 11 nitrogen and oxygen atoms in total. The van der Waals surface area contributed by atoms with Crippen LogP contribution < -0.4 is 24.3 Å². The van der Waals surface area contributed by atoms with Crippen molar-refractivity contribution in [1.29, 1.82) is 0 Å². The number of esters is 1. The number of benzene rings is 2. The van der Waals surface area contributed by atoms with E-state index in [1.54, 1.807) is 12.1 Å². The first kappa shape index (κ1) is 24.0. The fraction of sp³-hybridized carbons (Fsp3) is 0.238. The van der Waals surface area contributed by atoms with Crippen LogP contribution in [0.15, 0.2) is 36.4 Å². The Kier molecular flexibility index (Phi) is 8.40. The van der Waals surface area contributed by atoms with E-state index in [-0.39, 0.29) is 17.1 Å². The highest BCUT2D eigenvalue weighted by Gasteiger charge is 2.15. The van der Waals surface area contributed by atoms with Gasteiger partial charge in [0.25, 0.3) is 11.6 Å². The van der Waals surface area contributed by atoms with Gasteiger partial charge in [-0.05, 0) is 29.8 Å². The number of carbonyl (C=O) groups excluding carboxylic acids is 2. The molecule has 0 bridgehead atoms. The molecule has 2 rings (SSSR count). The van der Waals surface area contributed by atoms with Crippen LogP contribution in [0.4, 0.5) is 11.4 Å². The van der Waals surface area contributed by atoms with Crippen LogP contribution in [0.2, 0.25) is 0 Å². The van der Waals surface area contributed by atoms with E-state index in [0.717, 1.165) is 12.1 Å². The lowest BCUT2D eigenvalue weighted by Gasteiger charge is -2.12. The molecular formula is C21H22N2O9. The number of hydrogen-bond donors (Lipinski definition) is 1. The van der Waals surface area contributed by atoms with Crippen molar-refractivity contribution in [2.24, 2.45) is 0 Å². The molecule has 32 heavy (non-hydrogen) atoms. The third kappa shape index (κ3) is 6.11. The van der Waals surface area contributed by atoms with Crippen LogP contribution in [0.5, 0.6) is 23.0 Å². The number of carbonyl (C=O) groups is 2. The Morgan fingerprint density at radius 1 is 0.969 bits per heavy atom. The average molecular weight is 446 g/mol. The number of hydrogen-bond acceptors (Lipinski definition) is 9. The highest BCUT2D eigenvalue weighted by Crippen LogP contribution is 2.38. The van der Waals surface area contributed by atoms with Crippen molar-refractivity contribution in [3.05, 3.63) is 52.1 Å². The van der Waals surface area contributed by atoms with Gasteiger partial charge in [-0.2, -0.15) is 0 Å². The molecule has 0 aliphatic carbocycles. The maximum atomic E-state index is 12.1. The molecule has 0 aromatic heterocycles. The van der Waals surface area contributed by atoms with E-state index in [9.17, 15) is 19.7 Å². The lowest BCUT2D eigenvalue weighted by Crippen LogP contribution is -2.20. The zero-order valence-corrected chi connectivity index (χ0v) is 17.9. The van der Waals surface area contributed by atoms with Crippen LogP contribution in [0, 0.1) is 10.1 Å². The quantitative estimate of drug-likeness (QED) is 0.253. The number of anilines is 1. The smallest absolute Gasteiger partial charge is 0.331 e. The number of ether oxygens (including phenoxy) is 5. The third-order valence-electron chi connectivity index (χ3n) is 4.11. The first-order valence-corrected chi connectivity index (χ1v) is 9.10. The third-order valence-corrected chi connectivity index (χ3v) is 4.11. The normalized spacial score (nSPS) is 10.4. The van der Waals surface area contributed by atoms with Crippen molar-refractivity contribution < 1.29 is 38.2 Å². The fourth-order valence-corrected chi connectivity index (χ4v) is 2.64. The Morgan fingerprint density at radius 3 is 2.12 bits per heavy atom. The molecule has 0 heterocycles. The first-order chi connectivity index (χ1) is 15.3. The van der Waals surface area contributed by atoms with E-state index in [1.807, 2.05) is 0 Å². The highest BCUT2D eigenvalue weighted by atomic mass is 16.6. The number of nitro groups is 1. The van der Waals surface area contributed by atoms with E-state index < -0.39 is 23.4 Å². The predicted octanol–water partition coefficient (Wildman–Crippen LogP) is 2.82. The standard InChI is InChI=1S/C21H22N2O9/c1-28-16-7-6-14(23(26)27)11-15(16)22-19(24)12-32-20(25)8-5-13-9-17(29-2)21(31-4)18(10-13)30-3/h5-11H,12H2,1-4H3,(H,22,24). The number of nitrogens with one attached hydrogen (secondary N) is 1. The first-order valence-electron chi connectivity index (χ1n) is 9.10. The molecule has 0 fully saturated rings. The molecule has 0 spiro atoms. The summed E-state index contributed by atoms with van der Waals surface area (Å²) in [6, 6.07) is 6.99. The van der Waals surface area contributed by atoms with Crippen molar-refractivity contribution in [3.63, 3.8) is 0 Å². The zero-order chi connectivity index (χ0) is 23.7. The lowest BCUT2D eigenvalue weighted by atomic mass is 10.1. The van der Waals surface area contributed by atoms with Crippen LogP contribution >= 0.6 is 0 Å². The maximum Gasteiger partial charge on any atom is 0.331 e. The number of nitro benzene ring substituents is 1. The van der Waals surface area contributed by atoms with Gasteiger partial charge in [0, 0.05) is 18.2 Å². The largest absolute Gasteiger partial charge is 0.495 e. The number of methoxy groups -OCH3 is 4. The van der Waals surface area contributed by atoms with Crippen molar-refractivity contribution in [2.75, 3.05) is 40.4 Å².